The zero-order chi connectivity index (χ0) is 18.3. The first-order chi connectivity index (χ1) is 12.5. The summed E-state index contributed by atoms with van der Waals surface area (Å²) in [6, 6.07) is 0. The summed E-state index contributed by atoms with van der Waals surface area (Å²) in [4.78, 5) is 39.2. The Kier molecular flexibility index (Phi) is 3.46. The van der Waals surface area contributed by atoms with Crippen LogP contribution in [0, 0.1) is 0 Å². The molecule has 2 bridgehead atoms. The molecule has 1 atom stereocenters. The van der Waals surface area contributed by atoms with E-state index in [-0.39, 0.29) is 18.9 Å². The van der Waals surface area contributed by atoms with Crippen LogP contribution in [0.15, 0.2) is 46.4 Å². The summed E-state index contributed by atoms with van der Waals surface area (Å²) in [6.07, 6.45) is 12.6. The molecular formula is C16H14N6O4. The van der Waals surface area contributed by atoms with E-state index in [1.807, 2.05) is 0 Å². The number of aliphatic carboxylic acids is 1. The third-order valence-corrected chi connectivity index (χ3v) is 4.23. The van der Waals surface area contributed by atoms with Gasteiger partial charge in [-0.2, -0.15) is 0 Å². The number of rotatable bonds is 2. The normalized spacial score (nSPS) is 24.5. The zero-order valence-corrected chi connectivity index (χ0v) is 13.4. The van der Waals surface area contributed by atoms with Crippen molar-refractivity contribution in [3.63, 3.8) is 0 Å². The van der Waals surface area contributed by atoms with E-state index in [1.165, 1.54) is 28.1 Å². The van der Waals surface area contributed by atoms with Crippen LogP contribution in [0.1, 0.15) is 16.3 Å². The quantitative estimate of drug-likeness (QED) is 0.789. The lowest BCUT2D eigenvalue weighted by Crippen LogP contribution is -2.57. The maximum absolute atomic E-state index is 12.1. The van der Waals surface area contributed by atoms with Crippen molar-refractivity contribution in [2.75, 3.05) is 6.54 Å². The molecule has 1 unspecified atom stereocenters. The number of hydrogen-bond donors (Lipinski definition) is 2. The average Bonchev–Trinajstić information content (AvgIpc) is 3.13. The number of imidazole rings is 1. The molecule has 0 fully saturated rings. The SMILES string of the molecule is O=C(O)c1nc2cn1/C=C\C=NCC1=CN3C=CC=NC3(C(=O)O)N1C2. The van der Waals surface area contributed by atoms with Gasteiger partial charge in [0.25, 0.3) is 0 Å². The number of aromatic carboxylic acids is 1. The minimum absolute atomic E-state index is 0.0659. The first-order valence-electron chi connectivity index (χ1n) is 7.72. The zero-order valence-electron chi connectivity index (χ0n) is 13.4. The van der Waals surface area contributed by atoms with E-state index >= 15 is 0 Å². The van der Waals surface area contributed by atoms with Gasteiger partial charge in [0.15, 0.2) is 0 Å². The van der Waals surface area contributed by atoms with Crippen molar-refractivity contribution in [3.05, 3.63) is 48.0 Å². The maximum atomic E-state index is 12.1. The molecule has 2 N–H and O–H groups in total. The topological polar surface area (TPSA) is 124 Å². The fourth-order valence-electron chi connectivity index (χ4n) is 3.13. The first kappa shape index (κ1) is 15.8. The van der Waals surface area contributed by atoms with Crippen LogP contribution in [0.25, 0.3) is 6.20 Å². The van der Waals surface area contributed by atoms with Gasteiger partial charge in [-0.1, -0.05) is 0 Å². The third kappa shape index (κ3) is 2.23. The van der Waals surface area contributed by atoms with Gasteiger partial charge in [-0.25, -0.2) is 19.6 Å². The van der Waals surface area contributed by atoms with Gasteiger partial charge in [0.1, 0.15) is 0 Å². The minimum Gasteiger partial charge on any atom is -0.477 e. The third-order valence-electron chi connectivity index (χ3n) is 4.23. The van der Waals surface area contributed by atoms with Crippen LogP contribution in [0.5, 0.6) is 0 Å². The summed E-state index contributed by atoms with van der Waals surface area (Å²) in [5, 5.41) is 19.2. The van der Waals surface area contributed by atoms with Crippen molar-refractivity contribution in [3.8, 4) is 0 Å². The van der Waals surface area contributed by atoms with Gasteiger partial charge in [0.05, 0.1) is 24.5 Å². The molecule has 3 aliphatic heterocycles. The van der Waals surface area contributed by atoms with Crippen LogP contribution in [0.4, 0.5) is 0 Å². The molecular weight excluding hydrogens is 340 g/mol. The van der Waals surface area contributed by atoms with E-state index in [4.69, 9.17) is 0 Å². The molecule has 1 aromatic heterocycles. The van der Waals surface area contributed by atoms with E-state index in [9.17, 15) is 19.8 Å². The largest absolute Gasteiger partial charge is 0.477 e. The number of nitrogens with zero attached hydrogens (tertiary/aromatic N) is 6. The number of hydrogen-bond acceptors (Lipinski definition) is 7. The van der Waals surface area contributed by atoms with Crippen molar-refractivity contribution in [2.45, 2.75) is 12.3 Å². The lowest BCUT2D eigenvalue weighted by Gasteiger charge is -2.39. The highest BCUT2D eigenvalue weighted by Gasteiger charge is 2.54. The molecule has 10 nitrogen and oxygen atoms in total. The summed E-state index contributed by atoms with van der Waals surface area (Å²) >= 11 is 0. The van der Waals surface area contributed by atoms with Crippen LogP contribution < -0.4 is 0 Å². The fourth-order valence-corrected chi connectivity index (χ4v) is 3.13. The monoisotopic (exact) mass is 354 g/mol. The smallest absolute Gasteiger partial charge is 0.375 e. The Hall–Kier alpha value is -3.69. The average molecular weight is 354 g/mol. The number of fused-ring (bicyclic) bond motifs is 5. The van der Waals surface area contributed by atoms with E-state index in [0.29, 0.717) is 11.4 Å². The van der Waals surface area contributed by atoms with Crippen molar-refractivity contribution in [1.29, 1.82) is 0 Å². The molecule has 4 rings (SSSR count). The summed E-state index contributed by atoms with van der Waals surface area (Å²) < 4.78 is 1.36. The molecule has 0 saturated carbocycles. The second kappa shape index (κ2) is 5.69. The second-order valence-electron chi connectivity index (χ2n) is 5.77. The molecule has 0 saturated heterocycles. The molecule has 1 aromatic rings. The van der Waals surface area contributed by atoms with Gasteiger partial charge in [-0.05, 0) is 12.2 Å². The van der Waals surface area contributed by atoms with Gasteiger partial charge in [0, 0.05) is 37.2 Å². The van der Waals surface area contributed by atoms with Crippen molar-refractivity contribution >= 4 is 30.6 Å². The molecule has 3 aliphatic rings. The molecule has 0 aliphatic carbocycles. The number of carbonyl (C=O) groups is 2. The lowest BCUT2D eigenvalue weighted by atomic mass is 10.2. The number of aliphatic imine (C=N–C) groups is 2. The molecule has 26 heavy (non-hydrogen) atoms. The van der Waals surface area contributed by atoms with E-state index in [1.54, 1.807) is 35.6 Å². The second-order valence-corrected chi connectivity index (χ2v) is 5.77. The van der Waals surface area contributed by atoms with Gasteiger partial charge in [-0.3, -0.25) is 4.99 Å². The minimum atomic E-state index is -1.67. The molecule has 10 heteroatoms. The van der Waals surface area contributed by atoms with Crippen LogP contribution in [-0.2, 0) is 11.3 Å². The summed E-state index contributed by atoms with van der Waals surface area (Å²) in [6.45, 7) is 0.318. The highest BCUT2D eigenvalue weighted by Crippen LogP contribution is 2.37. The van der Waals surface area contributed by atoms with Crippen LogP contribution >= 0.6 is 0 Å². The summed E-state index contributed by atoms with van der Waals surface area (Å²) in [5.41, 5.74) is 1.04. The molecule has 4 heterocycles. The van der Waals surface area contributed by atoms with Crippen molar-refractivity contribution in [1.82, 2.24) is 19.4 Å². The van der Waals surface area contributed by atoms with Crippen molar-refractivity contribution < 1.29 is 19.8 Å². The standard InChI is InChI=1S/C16H14N6O4/c23-14(24)13-19-11-8-20(13)5-1-3-17-7-12-10-21-6-2-4-18-16(21,15(25)26)22(12)9-11/h1-6,8,10H,7,9H2,(H,23,24)(H,25,26)/b5-1-,17-3?. The van der Waals surface area contributed by atoms with Gasteiger partial charge in [-0.15, -0.1) is 0 Å². The van der Waals surface area contributed by atoms with Gasteiger partial charge >= 0.3 is 17.7 Å². The molecule has 0 aromatic carbocycles. The van der Waals surface area contributed by atoms with Crippen LogP contribution in [-0.4, -0.2) is 66.3 Å². The van der Waals surface area contributed by atoms with Crippen LogP contribution in [0.3, 0.4) is 0 Å². The van der Waals surface area contributed by atoms with E-state index < -0.39 is 17.7 Å². The highest BCUT2D eigenvalue weighted by molar-refractivity contribution is 5.86. The number of aromatic nitrogens is 2. The maximum Gasteiger partial charge on any atom is 0.375 e. The van der Waals surface area contributed by atoms with Gasteiger partial charge < -0.3 is 24.6 Å². The Morgan fingerprint density at radius 1 is 1.15 bits per heavy atom. The molecule has 0 amide bonds. The summed E-state index contributed by atoms with van der Waals surface area (Å²) in [7, 11) is 0. The number of allylic oxidation sites excluding steroid dienone is 2. The first-order valence-corrected chi connectivity index (χ1v) is 7.72. The molecule has 0 spiro atoms. The Balaban J connectivity index is 1.84. The number of carboxylic acid groups (broad SMARTS) is 2. The fraction of sp³-hybridized carbons (Fsp3) is 0.188. The molecule has 0 radical (unpaired) electrons. The number of carboxylic acids is 2. The van der Waals surface area contributed by atoms with Crippen LogP contribution in [0.2, 0.25) is 0 Å². The highest BCUT2D eigenvalue weighted by atomic mass is 16.4. The molecule has 132 valence electrons. The predicted octanol–water partition coefficient (Wildman–Crippen LogP) is 0.432. The van der Waals surface area contributed by atoms with E-state index in [2.05, 4.69) is 15.0 Å². The Bertz CT molecular complexity index is 941. The Morgan fingerprint density at radius 2 is 1.96 bits per heavy atom. The predicted molar refractivity (Wildman–Crippen MR) is 91.3 cm³/mol. The lowest BCUT2D eigenvalue weighted by molar-refractivity contribution is -0.156. The van der Waals surface area contributed by atoms with E-state index in [0.717, 1.165) is 0 Å². The Labute approximate surface area is 147 Å². The Morgan fingerprint density at radius 3 is 2.73 bits per heavy atom. The van der Waals surface area contributed by atoms with Gasteiger partial charge in [0.2, 0.25) is 5.82 Å². The summed E-state index contributed by atoms with van der Waals surface area (Å²) in [5.74, 6) is -4.17. The van der Waals surface area contributed by atoms with Crippen molar-refractivity contribution in [2.24, 2.45) is 9.98 Å².